The van der Waals surface area contributed by atoms with Crippen LogP contribution >= 0.6 is 23.5 Å². The Morgan fingerprint density at radius 2 is 1.89 bits per heavy atom. The number of benzene rings is 2. The van der Waals surface area contributed by atoms with Crippen molar-refractivity contribution in [3.63, 3.8) is 0 Å². The first-order chi connectivity index (χ1) is 13.3. The third-order valence-corrected chi connectivity index (χ3v) is 6.38. The molecule has 1 aromatic heterocycles. The fraction of sp³-hybridized carbons (Fsp3) is 0.158. The first kappa shape index (κ1) is 18.9. The van der Waals surface area contributed by atoms with Crippen molar-refractivity contribution in [2.24, 2.45) is 7.05 Å². The Morgan fingerprint density at radius 3 is 2.61 bits per heavy atom. The maximum Gasteiger partial charge on any atom is 0.416 e. The van der Waals surface area contributed by atoms with E-state index in [0.717, 1.165) is 17.0 Å². The van der Waals surface area contributed by atoms with Gasteiger partial charge in [0.05, 0.1) is 22.7 Å². The molecule has 28 heavy (non-hydrogen) atoms. The summed E-state index contributed by atoms with van der Waals surface area (Å²) in [6.07, 6.45) is -1.08. The summed E-state index contributed by atoms with van der Waals surface area (Å²) in [5.74, 6) is -0.249. The van der Waals surface area contributed by atoms with Crippen molar-refractivity contribution in [2.75, 3.05) is 10.7 Å². The maximum absolute atomic E-state index is 13.2. The molecule has 1 aliphatic rings. The lowest BCUT2D eigenvalue weighted by atomic mass is 10.1. The molecule has 2 heterocycles. The third-order valence-electron chi connectivity index (χ3n) is 4.20. The molecule has 3 aromatic rings. The van der Waals surface area contributed by atoms with E-state index in [2.05, 4.69) is 4.98 Å². The number of halogens is 3. The monoisotopic (exact) mass is 421 g/mol. The number of thioether (sulfide) groups is 1. The van der Waals surface area contributed by atoms with E-state index in [1.807, 2.05) is 19.2 Å². The van der Waals surface area contributed by atoms with Gasteiger partial charge in [0.15, 0.2) is 5.16 Å². The van der Waals surface area contributed by atoms with E-state index in [1.54, 1.807) is 29.1 Å². The van der Waals surface area contributed by atoms with E-state index < -0.39 is 11.7 Å². The number of carbonyl (C=O) groups is 1. The number of anilines is 2. The molecule has 0 spiro atoms. The molecule has 4 nitrogen and oxygen atoms in total. The van der Waals surface area contributed by atoms with Crippen LogP contribution < -0.4 is 4.90 Å². The van der Waals surface area contributed by atoms with Gasteiger partial charge in [0.1, 0.15) is 0 Å². The predicted molar refractivity (Wildman–Crippen MR) is 103 cm³/mol. The average molecular weight is 421 g/mol. The van der Waals surface area contributed by atoms with Crippen molar-refractivity contribution in [3.05, 3.63) is 60.4 Å². The molecule has 4 rings (SSSR count). The SMILES string of the molecule is Cn1ccnc1SCC(=O)N1c2ccccc2Sc2ccc(C(F)(F)F)cc21. The van der Waals surface area contributed by atoms with E-state index in [0.29, 0.717) is 15.7 Å². The first-order valence-electron chi connectivity index (χ1n) is 8.26. The topological polar surface area (TPSA) is 38.1 Å². The van der Waals surface area contributed by atoms with E-state index in [-0.39, 0.29) is 17.3 Å². The second-order valence-corrected chi connectivity index (χ2v) is 8.11. The highest BCUT2D eigenvalue weighted by Crippen LogP contribution is 2.49. The number of imidazole rings is 1. The molecule has 0 N–H and O–H groups in total. The van der Waals surface area contributed by atoms with E-state index in [9.17, 15) is 18.0 Å². The minimum absolute atomic E-state index is 0.0551. The lowest BCUT2D eigenvalue weighted by Crippen LogP contribution is -2.30. The number of para-hydroxylation sites is 1. The van der Waals surface area contributed by atoms with Crippen molar-refractivity contribution in [2.45, 2.75) is 21.1 Å². The van der Waals surface area contributed by atoms with E-state index >= 15 is 0 Å². The number of hydrogen-bond acceptors (Lipinski definition) is 4. The molecule has 0 aliphatic carbocycles. The van der Waals surface area contributed by atoms with Crippen molar-refractivity contribution in [3.8, 4) is 0 Å². The third kappa shape index (κ3) is 3.51. The Kier molecular flexibility index (Phi) is 4.88. The first-order valence-corrected chi connectivity index (χ1v) is 10.1. The molecule has 1 aliphatic heterocycles. The van der Waals surface area contributed by atoms with Gasteiger partial charge in [0.2, 0.25) is 5.91 Å². The minimum Gasteiger partial charge on any atom is -0.329 e. The zero-order chi connectivity index (χ0) is 19.9. The molecule has 0 atom stereocenters. The molecular weight excluding hydrogens is 407 g/mol. The van der Waals surface area contributed by atoms with Gasteiger partial charge in [0, 0.05) is 29.2 Å². The van der Waals surface area contributed by atoms with Crippen LogP contribution in [0.4, 0.5) is 24.5 Å². The van der Waals surface area contributed by atoms with Gasteiger partial charge in [-0.1, -0.05) is 35.7 Å². The van der Waals surface area contributed by atoms with Gasteiger partial charge in [0.25, 0.3) is 0 Å². The Balaban J connectivity index is 1.72. The second kappa shape index (κ2) is 7.21. The van der Waals surface area contributed by atoms with Gasteiger partial charge < -0.3 is 4.57 Å². The largest absolute Gasteiger partial charge is 0.416 e. The molecule has 0 radical (unpaired) electrons. The number of fused-ring (bicyclic) bond motifs is 2. The van der Waals surface area contributed by atoms with E-state index in [1.165, 1.54) is 34.5 Å². The Hall–Kier alpha value is -2.39. The molecule has 0 saturated carbocycles. The lowest BCUT2D eigenvalue weighted by molar-refractivity contribution is -0.137. The Morgan fingerprint density at radius 1 is 1.14 bits per heavy atom. The van der Waals surface area contributed by atoms with Gasteiger partial charge in [-0.2, -0.15) is 13.2 Å². The zero-order valence-electron chi connectivity index (χ0n) is 14.6. The highest BCUT2D eigenvalue weighted by atomic mass is 32.2. The van der Waals surface area contributed by atoms with Gasteiger partial charge in [-0.3, -0.25) is 9.69 Å². The Bertz CT molecular complexity index is 1050. The minimum atomic E-state index is -4.48. The number of carbonyl (C=O) groups excluding carboxylic acids is 1. The molecular formula is C19H14F3N3OS2. The van der Waals surface area contributed by atoms with Gasteiger partial charge >= 0.3 is 6.18 Å². The van der Waals surface area contributed by atoms with Crippen LogP contribution in [0.2, 0.25) is 0 Å². The summed E-state index contributed by atoms with van der Waals surface area (Å²) >= 11 is 2.60. The second-order valence-electron chi connectivity index (χ2n) is 6.09. The molecule has 0 fully saturated rings. The molecule has 0 saturated heterocycles. The molecule has 0 bridgehead atoms. The van der Waals surface area contributed by atoms with E-state index in [4.69, 9.17) is 0 Å². The maximum atomic E-state index is 13.2. The summed E-state index contributed by atoms with van der Waals surface area (Å²) in [5, 5.41) is 0.664. The number of alkyl halides is 3. The van der Waals surface area contributed by atoms with Crippen LogP contribution in [0.25, 0.3) is 0 Å². The number of rotatable bonds is 3. The van der Waals surface area contributed by atoms with Crippen LogP contribution in [-0.2, 0) is 18.0 Å². The molecule has 0 unspecified atom stereocenters. The highest BCUT2D eigenvalue weighted by molar-refractivity contribution is 8.00. The predicted octanol–water partition coefficient (Wildman–Crippen LogP) is 5.36. The fourth-order valence-electron chi connectivity index (χ4n) is 2.88. The van der Waals surface area contributed by atoms with Crippen molar-refractivity contribution >= 4 is 40.8 Å². The number of nitrogens with zero attached hydrogens (tertiary/aromatic N) is 3. The van der Waals surface area contributed by atoms with Crippen LogP contribution in [0.15, 0.2) is 69.8 Å². The summed E-state index contributed by atoms with van der Waals surface area (Å²) in [4.78, 5) is 20.1. The van der Waals surface area contributed by atoms with Crippen LogP contribution in [-0.4, -0.2) is 21.2 Å². The summed E-state index contributed by atoms with van der Waals surface area (Å²) in [6, 6.07) is 10.7. The fourth-order valence-corrected chi connectivity index (χ4v) is 4.70. The number of aromatic nitrogens is 2. The standard InChI is InChI=1S/C19H14F3N3OS2/c1-24-9-8-23-18(24)27-11-17(26)25-13-4-2-3-5-15(13)28-16-7-6-12(10-14(16)25)19(20,21)22/h2-10H,11H2,1H3. The molecule has 2 aromatic carbocycles. The normalized spacial score (nSPS) is 13.2. The van der Waals surface area contributed by atoms with Gasteiger partial charge in [-0.05, 0) is 30.3 Å². The highest BCUT2D eigenvalue weighted by Gasteiger charge is 2.34. The molecule has 9 heteroatoms. The number of amides is 1. The van der Waals surface area contributed by atoms with Crippen molar-refractivity contribution in [1.82, 2.24) is 9.55 Å². The van der Waals surface area contributed by atoms with Crippen LogP contribution in [0.5, 0.6) is 0 Å². The summed E-state index contributed by atoms with van der Waals surface area (Å²) in [5.41, 5.74) is 0.0644. The van der Waals surface area contributed by atoms with Crippen LogP contribution in [0.1, 0.15) is 5.56 Å². The lowest BCUT2D eigenvalue weighted by Gasteiger charge is -2.31. The van der Waals surface area contributed by atoms with Gasteiger partial charge in [-0.15, -0.1) is 0 Å². The summed E-state index contributed by atoms with van der Waals surface area (Å²) < 4.78 is 41.5. The quantitative estimate of drug-likeness (QED) is 0.534. The number of hydrogen-bond donors (Lipinski definition) is 0. The number of aryl methyl sites for hydroxylation is 1. The van der Waals surface area contributed by atoms with Crippen LogP contribution in [0, 0.1) is 0 Å². The average Bonchev–Trinajstić information content (AvgIpc) is 3.07. The Labute approximate surface area is 167 Å². The summed E-state index contributed by atoms with van der Waals surface area (Å²) in [7, 11) is 1.82. The van der Waals surface area contributed by atoms with Crippen molar-refractivity contribution < 1.29 is 18.0 Å². The molecule has 1 amide bonds. The van der Waals surface area contributed by atoms with Gasteiger partial charge in [-0.25, -0.2) is 4.98 Å². The molecule has 144 valence electrons. The summed E-state index contributed by atoms with van der Waals surface area (Å²) in [6.45, 7) is 0. The van der Waals surface area contributed by atoms with Crippen LogP contribution in [0.3, 0.4) is 0 Å². The smallest absolute Gasteiger partial charge is 0.329 e. The zero-order valence-corrected chi connectivity index (χ0v) is 16.2. The van der Waals surface area contributed by atoms with Crippen molar-refractivity contribution in [1.29, 1.82) is 0 Å².